The van der Waals surface area contributed by atoms with E-state index in [4.69, 9.17) is 4.74 Å². The first-order valence-electron chi connectivity index (χ1n) is 10.8. The molecule has 0 spiro atoms. The Bertz CT molecular complexity index is 1100. The van der Waals surface area contributed by atoms with Crippen molar-refractivity contribution in [1.82, 2.24) is 4.90 Å². The van der Waals surface area contributed by atoms with E-state index in [9.17, 15) is 9.59 Å². The number of benzene rings is 3. The molecule has 1 N–H and O–H groups in total. The number of carbonyl (C=O) groups excluding carboxylic acids is 2. The van der Waals surface area contributed by atoms with Gasteiger partial charge in [-0.05, 0) is 54.8 Å². The van der Waals surface area contributed by atoms with Gasteiger partial charge in [0, 0.05) is 35.2 Å². The van der Waals surface area contributed by atoms with Gasteiger partial charge in [-0.15, -0.1) is 0 Å². The number of anilines is 1. The van der Waals surface area contributed by atoms with Crippen LogP contribution in [0.5, 0.6) is 5.75 Å². The molecule has 3 aromatic rings. The highest BCUT2D eigenvalue weighted by Gasteiger charge is 2.20. The van der Waals surface area contributed by atoms with Crippen molar-refractivity contribution in [2.75, 3.05) is 25.0 Å². The van der Waals surface area contributed by atoms with Crippen LogP contribution in [0, 0.1) is 0 Å². The summed E-state index contributed by atoms with van der Waals surface area (Å²) in [5.74, 6) is 0.240. The van der Waals surface area contributed by atoms with Gasteiger partial charge in [0.25, 0.3) is 11.8 Å². The Morgan fingerprint density at radius 1 is 0.938 bits per heavy atom. The minimum atomic E-state index is -0.285. The third-order valence-electron chi connectivity index (χ3n) is 5.44. The number of nitrogens with zero attached hydrogens (tertiary/aromatic N) is 1. The zero-order valence-corrected chi connectivity index (χ0v) is 19.3. The number of hydrogen-bond donors (Lipinski definition) is 1. The number of carbonyl (C=O) groups is 2. The highest BCUT2D eigenvalue weighted by Crippen LogP contribution is 2.25. The maximum absolute atomic E-state index is 13.1. The minimum absolute atomic E-state index is 0.00555. The van der Waals surface area contributed by atoms with Crippen LogP contribution in [0.25, 0.3) is 0 Å². The largest absolute Gasteiger partial charge is 0.492 e. The van der Waals surface area contributed by atoms with Crippen LogP contribution in [0.3, 0.4) is 0 Å². The molecule has 32 heavy (non-hydrogen) atoms. The predicted molar refractivity (Wildman–Crippen MR) is 129 cm³/mol. The number of likely N-dealkylation sites (tertiary alicyclic amines) is 1. The van der Waals surface area contributed by atoms with Crippen LogP contribution in [0.15, 0.2) is 77.3 Å². The van der Waals surface area contributed by atoms with Crippen molar-refractivity contribution in [2.45, 2.75) is 19.3 Å². The summed E-state index contributed by atoms with van der Waals surface area (Å²) in [6, 6.07) is 22.5. The Morgan fingerprint density at radius 2 is 1.72 bits per heavy atom. The average Bonchev–Trinajstić information content (AvgIpc) is 3.35. The number of halogens is 1. The number of nitrogens with one attached hydrogen (secondary N) is 1. The molecule has 0 atom stereocenters. The lowest BCUT2D eigenvalue weighted by Crippen LogP contribution is -2.27. The second kappa shape index (κ2) is 10.5. The summed E-state index contributed by atoms with van der Waals surface area (Å²) in [4.78, 5) is 27.6. The van der Waals surface area contributed by atoms with Gasteiger partial charge in [-0.2, -0.15) is 0 Å². The minimum Gasteiger partial charge on any atom is -0.492 e. The Hall–Kier alpha value is -3.12. The zero-order chi connectivity index (χ0) is 22.3. The van der Waals surface area contributed by atoms with Crippen molar-refractivity contribution in [3.05, 3.63) is 94.0 Å². The first kappa shape index (κ1) is 22.1. The number of ether oxygens (including phenoxy) is 1. The van der Waals surface area contributed by atoms with E-state index >= 15 is 0 Å². The van der Waals surface area contributed by atoms with Crippen LogP contribution in [0.4, 0.5) is 5.69 Å². The Labute approximate surface area is 196 Å². The standard InChI is InChI=1S/C26H25BrN2O3/c27-21-11-12-24(32-16-13-19-7-2-1-3-8-19)23(18-21)25(30)28-22-10-6-9-20(17-22)26(31)29-14-4-5-15-29/h1-3,6-12,17-18H,4-5,13-16H2,(H,28,30). The summed E-state index contributed by atoms with van der Waals surface area (Å²) in [7, 11) is 0. The number of amides is 2. The topological polar surface area (TPSA) is 58.6 Å². The predicted octanol–water partition coefficient (Wildman–Crippen LogP) is 5.56. The first-order valence-corrected chi connectivity index (χ1v) is 11.6. The first-order chi connectivity index (χ1) is 15.6. The van der Waals surface area contributed by atoms with E-state index in [1.165, 1.54) is 5.56 Å². The van der Waals surface area contributed by atoms with Gasteiger partial charge >= 0.3 is 0 Å². The number of rotatable bonds is 7. The summed E-state index contributed by atoms with van der Waals surface area (Å²) in [6.45, 7) is 2.04. The summed E-state index contributed by atoms with van der Waals surface area (Å²) in [5.41, 5.74) is 2.77. The lowest BCUT2D eigenvalue weighted by atomic mass is 10.1. The normalized spacial score (nSPS) is 13.1. The lowest BCUT2D eigenvalue weighted by Gasteiger charge is -2.16. The fourth-order valence-electron chi connectivity index (χ4n) is 3.76. The Morgan fingerprint density at radius 3 is 2.50 bits per heavy atom. The smallest absolute Gasteiger partial charge is 0.259 e. The van der Waals surface area contributed by atoms with Crippen LogP contribution >= 0.6 is 15.9 Å². The fraction of sp³-hybridized carbons (Fsp3) is 0.231. The average molecular weight is 493 g/mol. The van der Waals surface area contributed by atoms with Crippen LogP contribution in [0.1, 0.15) is 39.1 Å². The summed E-state index contributed by atoms with van der Waals surface area (Å²) < 4.78 is 6.73. The molecule has 6 heteroatoms. The molecule has 2 amide bonds. The van der Waals surface area contributed by atoms with Crippen molar-refractivity contribution in [2.24, 2.45) is 0 Å². The molecule has 5 nitrogen and oxygen atoms in total. The molecule has 0 bridgehead atoms. The molecule has 0 radical (unpaired) electrons. The molecule has 0 saturated carbocycles. The second-order valence-electron chi connectivity index (χ2n) is 7.76. The van der Waals surface area contributed by atoms with E-state index < -0.39 is 0 Å². The Balaban J connectivity index is 1.45. The zero-order valence-electron chi connectivity index (χ0n) is 17.7. The van der Waals surface area contributed by atoms with E-state index in [1.807, 2.05) is 29.2 Å². The van der Waals surface area contributed by atoms with Crippen molar-refractivity contribution in [3.63, 3.8) is 0 Å². The molecule has 3 aromatic carbocycles. The SMILES string of the molecule is O=C(Nc1cccc(C(=O)N2CCCC2)c1)c1cc(Br)ccc1OCCc1ccccc1. The van der Waals surface area contributed by atoms with Crippen LogP contribution < -0.4 is 10.1 Å². The number of hydrogen-bond acceptors (Lipinski definition) is 3. The van der Waals surface area contributed by atoms with Crippen LogP contribution in [-0.2, 0) is 6.42 Å². The molecule has 4 rings (SSSR count). The van der Waals surface area contributed by atoms with Gasteiger partial charge in [0.15, 0.2) is 0 Å². The van der Waals surface area contributed by atoms with Crippen molar-refractivity contribution < 1.29 is 14.3 Å². The van der Waals surface area contributed by atoms with Gasteiger partial charge in [0.05, 0.1) is 12.2 Å². The maximum atomic E-state index is 13.1. The highest BCUT2D eigenvalue weighted by atomic mass is 79.9. The van der Waals surface area contributed by atoms with Crippen molar-refractivity contribution >= 4 is 33.4 Å². The molecule has 1 saturated heterocycles. The van der Waals surface area contributed by atoms with Gasteiger partial charge in [-0.25, -0.2) is 0 Å². The molecule has 1 aliphatic heterocycles. The maximum Gasteiger partial charge on any atom is 0.259 e. The molecule has 1 heterocycles. The van der Waals surface area contributed by atoms with E-state index in [2.05, 4.69) is 33.4 Å². The van der Waals surface area contributed by atoms with Gasteiger partial charge in [0.2, 0.25) is 0 Å². The monoisotopic (exact) mass is 492 g/mol. The van der Waals surface area contributed by atoms with Crippen LogP contribution in [0.2, 0.25) is 0 Å². The van der Waals surface area contributed by atoms with E-state index in [0.29, 0.717) is 29.2 Å². The molecule has 0 aromatic heterocycles. The lowest BCUT2D eigenvalue weighted by molar-refractivity contribution is 0.0792. The van der Waals surface area contributed by atoms with Crippen LogP contribution in [-0.4, -0.2) is 36.4 Å². The molecule has 1 fully saturated rings. The van der Waals surface area contributed by atoms with Crippen molar-refractivity contribution in [3.8, 4) is 5.75 Å². The third-order valence-corrected chi connectivity index (χ3v) is 5.93. The highest BCUT2D eigenvalue weighted by molar-refractivity contribution is 9.10. The van der Waals surface area contributed by atoms with Crippen molar-refractivity contribution in [1.29, 1.82) is 0 Å². The Kier molecular flexibility index (Phi) is 7.22. The molecular weight excluding hydrogens is 468 g/mol. The molecule has 0 unspecified atom stereocenters. The van der Waals surface area contributed by atoms with E-state index in [-0.39, 0.29) is 11.8 Å². The third kappa shape index (κ3) is 5.56. The summed E-state index contributed by atoms with van der Waals surface area (Å²) in [5, 5.41) is 2.91. The molecule has 0 aliphatic carbocycles. The molecule has 1 aliphatic rings. The van der Waals surface area contributed by atoms with E-state index in [0.717, 1.165) is 36.8 Å². The molecule has 164 valence electrons. The van der Waals surface area contributed by atoms with Gasteiger partial charge in [-0.3, -0.25) is 9.59 Å². The molecular formula is C26H25BrN2O3. The van der Waals surface area contributed by atoms with Gasteiger partial charge in [0.1, 0.15) is 5.75 Å². The van der Waals surface area contributed by atoms with Gasteiger partial charge < -0.3 is 15.0 Å². The summed E-state index contributed by atoms with van der Waals surface area (Å²) >= 11 is 3.44. The fourth-order valence-corrected chi connectivity index (χ4v) is 4.12. The van der Waals surface area contributed by atoms with E-state index in [1.54, 1.807) is 36.4 Å². The quantitative estimate of drug-likeness (QED) is 0.469. The summed E-state index contributed by atoms with van der Waals surface area (Å²) in [6.07, 6.45) is 2.83. The second-order valence-corrected chi connectivity index (χ2v) is 8.67. The van der Waals surface area contributed by atoms with Gasteiger partial charge in [-0.1, -0.05) is 52.3 Å².